The number of pyridine rings is 1. The van der Waals surface area contributed by atoms with Crippen LogP contribution in [0.15, 0.2) is 28.7 Å². The second-order valence-corrected chi connectivity index (χ2v) is 5.81. The van der Waals surface area contributed by atoms with Gasteiger partial charge in [0.05, 0.1) is 36.7 Å². The maximum Gasteiger partial charge on any atom is 0.340 e. The highest BCUT2D eigenvalue weighted by Gasteiger charge is 2.27. The Hall–Kier alpha value is -2.21. The van der Waals surface area contributed by atoms with Crippen LogP contribution >= 0.6 is 15.9 Å². The van der Waals surface area contributed by atoms with Crippen molar-refractivity contribution in [3.63, 3.8) is 0 Å². The Labute approximate surface area is 142 Å². The molecular weight excluding hydrogens is 362 g/mol. The first-order chi connectivity index (χ1) is 10.9. The first kappa shape index (κ1) is 17.1. The number of nitrogens with zero attached hydrogens (tertiary/aromatic N) is 1. The number of rotatable bonds is 3. The topological polar surface area (TPSA) is 65.5 Å². The molecule has 0 saturated carbocycles. The van der Waals surface area contributed by atoms with Gasteiger partial charge in [-0.2, -0.15) is 0 Å². The van der Waals surface area contributed by atoms with E-state index in [0.717, 1.165) is 4.47 Å². The number of ether oxygens (including phenoxy) is 2. The lowest BCUT2D eigenvalue weighted by Gasteiger charge is -2.17. The highest BCUT2D eigenvalue weighted by molar-refractivity contribution is 9.10. The number of halogens is 1. The van der Waals surface area contributed by atoms with Crippen molar-refractivity contribution in [1.82, 2.24) is 4.98 Å². The Morgan fingerprint density at radius 1 is 0.913 bits per heavy atom. The average molecular weight is 378 g/mol. The number of aryl methyl sites for hydroxylation is 2. The number of esters is 2. The molecule has 2 aromatic rings. The fourth-order valence-electron chi connectivity index (χ4n) is 2.46. The number of aromatic nitrogens is 1. The van der Waals surface area contributed by atoms with Gasteiger partial charge in [0, 0.05) is 10.0 Å². The van der Waals surface area contributed by atoms with Crippen LogP contribution in [0.1, 0.15) is 32.1 Å². The molecule has 23 heavy (non-hydrogen) atoms. The lowest BCUT2D eigenvalue weighted by Crippen LogP contribution is -2.16. The van der Waals surface area contributed by atoms with Crippen LogP contribution in [0.4, 0.5) is 0 Å². The van der Waals surface area contributed by atoms with Gasteiger partial charge < -0.3 is 9.47 Å². The van der Waals surface area contributed by atoms with Gasteiger partial charge in [0.2, 0.25) is 0 Å². The monoisotopic (exact) mass is 377 g/mol. The van der Waals surface area contributed by atoms with Crippen molar-refractivity contribution in [2.45, 2.75) is 13.8 Å². The van der Waals surface area contributed by atoms with E-state index < -0.39 is 11.9 Å². The minimum Gasteiger partial charge on any atom is -0.465 e. The van der Waals surface area contributed by atoms with Crippen LogP contribution in [0, 0.1) is 13.8 Å². The largest absolute Gasteiger partial charge is 0.465 e. The first-order valence-electron chi connectivity index (χ1n) is 6.84. The molecular formula is C17H16BrNO4. The summed E-state index contributed by atoms with van der Waals surface area (Å²) in [6.45, 7) is 3.42. The van der Waals surface area contributed by atoms with Crippen molar-refractivity contribution in [2.24, 2.45) is 0 Å². The summed E-state index contributed by atoms with van der Waals surface area (Å²) in [6, 6.07) is 7.31. The minimum absolute atomic E-state index is 0.265. The fourth-order valence-corrected chi connectivity index (χ4v) is 2.72. The normalized spacial score (nSPS) is 10.3. The molecule has 0 aliphatic rings. The van der Waals surface area contributed by atoms with E-state index in [1.807, 2.05) is 24.3 Å². The van der Waals surface area contributed by atoms with Crippen LogP contribution in [0.2, 0.25) is 0 Å². The smallest absolute Gasteiger partial charge is 0.340 e. The molecule has 0 N–H and O–H groups in total. The zero-order chi connectivity index (χ0) is 17.1. The van der Waals surface area contributed by atoms with Gasteiger partial charge in [0.15, 0.2) is 0 Å². The van der Waals surface area contributed by atoms with Crippen LogP contribution in [0.3, 0.4) is 0 Å². The molecule has 0 fully saturated rings. The number of methoxy groups -OCH3 is 2. The second-order valence-electron chi connectivity index (χ2n) is 4.90. The van der Waals surface area contributed by atoms with Crippen LogP contribution < -0.4 is 0 Å². The summed E-state index contributed by atoms with van der Waals surface area (Å²) in [6.07, 6.45) is 0. The van der Waals surface area contributed by atoms with Crippen molar-refractivity contribution in [1.29, 1.82) is 0 Å². The lowest BCUT2D eigenvalue weighted by atomic mass is 9.92. The highest BCUT2D eigenvalue weighted by Crippen LogP contribution is 2.33. The molecule has 1 heterocycles. The third kappa shape index (κ3) is 3.27. The van der Waals surface area contributed by atoms with Gasteiger partial charge in [0.25, 0.3) is 0 Å². The molecule has 0 aliphatic carbocycles. The molecule has 6 heteroatoms. The molecule has 0 amide bonds. The van der Waals surface area contributed by atoms with E-state index in [-0.39, 0.29) is 11.1 Å². The predicted molar refractivity (Wildman–Crippen MR) is 89.5 cm³/mol. The van der Waals surface area contributed by atoms with E-state index in [4.69, 9.17) is 9.47 Å². The average Bonchev–Trinajstić information content (AvgIpc) is 2.53. The molecule has 0 saturated heterocycles. The summed E-state index contributed by atoms with van der Waals surface area (Å²) in [7, 11) is 2.59. The Morgan fingerprint density at radius 2 is 1.35 bits per heavy atom. The predicted octanol–water partition coefficient (Wildman–Crippen LogP) is 3.70. The van der Waals surface area contributed by atoms with Gasteiger partial charge in [-0.05, 0) is 31.5 Å². The quantitative estimate of drug-likeness (QED) is 0.762. The molecule has 1 aromatic carbocycles. The highest BCUT2D eigenvalue weighted by atomic mass is 79.9. The lowest BCUT2D eigenvalue weighted by molar-refractivity contribution is 0.0599. The Balaban J connectivity index is 2.90. The molecule has 0 atom stereocenters. The summed E-state index contributed by atoms with van der Waals surface area (Å²) in [4.78, 5) is 28.8. The van der Waals surface area contributed by atoms with E-state index in [1.165, 1.54) is 14.2 Å². The molecule has 2 rings (SSSR count). The van der Waals surface area contributed by atoms with E-state index in [9.17, 15) is 9.59 Å². The molecule has 0 spiro atoms. The summed E-state index contributed by atoms with van der Waals surface area (Å²) < 4.78 is 10.6. The minimum atomic E-state index is -0.543. The molecule has 0 bridgehead atoms. The van der Waals surface area contributed by atoms with Gasteiger partial charge in [-0.3, -0.25) is 4.98 Å². The summed E-state index contributed by atoms with van der Waals surface area (Å²) in [5, 5.41) is 0. The standard InChI is InChI=1S/C17H16BrNO4/c1-9-13(16(20)22-3)15(11-5-7-12(18)8-6-11)14(10(2)19-9)17(21)23-4/h5-8H,1-4H3. The van der Waals surface area contributed by atoms with Crippen LogP contribution in [-0.2, 0) is 9.47 Å². The molecule has 0 radical (unpaired) electrons. The van der Waals surface area contributed by atoms with Gasteiger partial charge in [-0.25, -0.2) is 9.59 Å². The fraction of sp³-hybridized carbons (Fsp3) is 0.235. The van der Waals surface area contributed by atoms with Crippen molar-refractivity contribution in [3.05, 3.63) is 51.3 Å². The van der Waals surface area contributed by atoms with E-state index in [1.54, 1.807) is 13.8 Å². The summed E-state index contributed by atoms with van der Waals surface area (Å²) in [5.74, 6) is -1.09. The van der Waals surface area contributed by atoms with Gasteiger partial charge in [0.1, 0.15) is 0 Å². The molecule has 1 aromatic heterocycles. The number of benzene rings is 1. The molecule has 0 aliphatic heterocycles. The van der Waals surface area contributed by atoms with Crippen molar-refractivity contribution >= 4 is 27.9 Å². The van der Waals surface area contributed by atoms with E-state index in [0.29, 0.717) is 22.5 Å². The third-order valence-electron chi connectivity index (χ3n) is 3.47. The first-order valence-corrected chi connectivity index (χ1v) is 7.63. The van der Waals surface area contributed by atoms with Crippen molar-refractivity contribution in [3.8, 4) is 11.1 Å². The Morgan fingerprint density at radius 3 is 1.74 bits per heavy atom. The van der Waals surface area contributed by atoms with E-state index in [2.05, 4.69) is 20.9 Å². The van der Waals surface area contributed by atoms with Crippen LogP contribution in [0.25, 0.3) is 11.1 Å². The summed E-state index contributed by atoms with van der Waals surface area (Å²) in [5.41, 5.74) is 2.71. The van der Waals surface area contributed by atoms with Crippen molar-refractivity contribution < 1.29 is 19.1 Å². The maximum absolute atomic E-state index is 12.2. The zero-order valence-electron chi connectivity index (χ0n) is 13.3. The molecule has 120 valence electrons. The maximum atomic E-state index is 12.2. The molecule has 5 nitrogen and oxygen atoms in total. The van der Waals surface area contributed by atoms with Gasteiger partial charge in [-0.15, -0.1) is 0 Å². The second kappa shape index (κ2) is 6.91. The number of carbonyl (C=O) groups excluding carboxylic acids is 2. The van der Waals surface area contributed by atoms with Gasteiger partial charge in [-0.1, -0.05) is 28.1 Å². The SMILES string of the molecule is COC(=O)c1c(C)nc(C)c(C(=O)OC)c1-c1ccc(Br)cc1. The van der Waals surface area contributed by atoms with Crippen molar-refractivity contribution in [2.75, 3.05) is 14.2 Å². The Kier molecular flexibility index (Phi) is 5.15. The van der Waals surface area contributed by atoms with Crippen LogP contribution in [0.5, 0.6) is 0 Å². The zero-order valence-corrected chi connectivity index (χ0v) is 14.9. The summed E-state index contributed by atoms with van der Waals surface area (Å²) >= 11 is 3.37. The van der Waals surface area contributed by atoms with E-state index >= 15 is 0 Å². The molecule has 0 unspecified atom stereocenters. The number of hydrogen-bond donors (Lipinski definition) is 0. The Bertz CT molecular complexity index is 729. The van der Waals surface area contributed by atoms with Gasteiger partial charge >= 0.3 is 11.9 Å². The third-order valence-corrected chi connectivity index (χ3v) is 4.00. The number of hydrogen-bond acceptors (Lipinski definition) is 5. The number of carbonyl (C=O) groups is 2. The van der Waals surface area contributed by atoms with Crippen LogP contribution in [-0.4, -0.2) is 31.1 Å².